The fourth-order valence-corrected chi connectivity index (χ4v) is 2.15. The Hall–Kier alpha value is -2.76. The average Bonchev–Trinajstić information content (AvgIpc) is 2.51. The first-order valence-corrected chi connectivity index (χ1v) is 6.86. The van der Waals surface area contributed by atoms with Crippen LogP contribution >= 0.6 is 0 Å². The summed E-state index contributed by atoms with van der Waals surface area (Å²) >= 11 is 0. The molecule has 2 rings (SSSR count). The summed E-state index contributed by atoms with van der Waals surface area (Å²) in [6, 6.07) is 10.4. The molecule has 0 aliphatic carbocycles. The Morgan fingerprint density at radius 3 is 2.26 bits per heavy atom. The molecule has 1 atom stereocenters. The SMILES string of the molecule is COC(=O)C(NC(=O)Cc1cc(F)cc(F)c1)c1ccccc1. The molecule has 6 heteroatoms. The zero-order valence-electron chi connectivity index (χ0n) is 12.4. The highest BCUT2D eigenvalue weighted by Gasteiger charge is 2.23. The molecule has 0 saturated carbocycles. The number of esters is 1. The first-order valence-electron chi connectivity index (χ1n) is 6.86. The highest BCUT2D eigenvalue weighted by atomic mass is 19.1. The lowest BCUT2D eigenvalue weighted by molar-refractivity contribution is -0.145. The van der Waals surface area contributed by atoms with E-state index in [1.54, 1.807) is 30.3 Å². The number of hydrogen-bond donors (Lipinski definition) is 1. The number of methoxy groups -OCH3 is 1. The Labute approximate surface area is 132 Å². The van der Waals surface area contributed by atoms with Gasteiger partial charge in [-0.05, 0) is 23.3 Å². The molecule has 0 saturated heterocycles. The normalized spacial score (nSPS) is 11.6. The fourth-order valence-electron chi connectivity index (χ4n) is 2.15. The lowest BCUT2D eigenvalue weighted by atomic mass is 10.1. The van der Waals surface area contributed by atoms with Crippen LogP contribution in [0.3, 0.4) is 0 Å². The minimum absolute atomic E-state index is 0.177. The van der Waals surface area contributed by atoms with Crippen LogP contribution in [0.5, 0.6) is 0 Å². The molecule has 0 spiro atoms. The number of carbonyl (C=O) groups is 2. The maximum Gasteiger partial charge on any atom is 0.333 e. The van der Waals surface area contributed by atoms with Gasteiger partial charge in [-0.3, -0.25) is 4.79 Å². The molecular weight excluding hydrogens is 304 g/mol. The average molecular weight is 319 g/mol. The van der Waals surface area contributed by atoms with Crippen molar-refractivity contribution in [1.82, 2.24) is 5.32 Å². The number of benzene rings is 2. The summed E-state index contributed by atoms with van der Waals surface area (Å²) in [4.78, 5) is 23.9. The van der Waals surface area contributed by atoms with E-state index in [1.165, 1.54) is 7.11 Å². The number of nitrogens with one attached hydrogen (secondary N) is 1. The smallest absolute Gasteiger partial charge is 0.333 e. The van der Waals surface area contributed by atoms with E-state index in [2.05, 4.69) is 10.1 Å². The summed E-state index contributed by atoms with van der Waals surface area (Å²) in [5.74, 6) is -2.70. The Balaban J connectivity index is 2.13. The van der Waals surface area contributed by atoms with E-state index in [0.717, 1.165) is 18.2 Å². The highest BCUT2D eigenvalue weighted by Crippen LogP contribution is 2.15. The Morgan fingerprint density at radius 2 is 1.70 bits per heavy atom. The third-order valence-electron chi connectivity index (χ3n) is 3.16. The van der Waals surface area contributed by atoms with Gasteiger partial charge in [0.15, 0.2) is 6.04 Å². The van der Waals surface area contributed by atoms with Crippen LogP contribution in [0.25, 0.3) is 0 Å². The van der Waals surface area contributed by atoms with Crippen LogP contribution in [0.15, 0.2) is 48.5 Å². The summed E-state index contributed by atoms with van der Waals surface area (Å²) in [6.45, 7) is 0. The first-order chi connectivity index (χ1) is 11.0. The summed E-state index contributed by atoms with van der Waals surface area (Å²) in [5.41, 5.74) is 0.731. The lowest BCUT2D eigenvalue weighted by Crippen LogP contribution is -2.35. The van der Waals surface area contributed by atoms with Crippen LogP contribution in [0, 0.1) is 11.6 Å². The minimum atomic E-state index is -0.980. The summed E-state index contributed by atoms with van der Waals surface area (Å²) in [7, 11) is 1.21. The predicted molar refractivity (Wildman–Crippen MR) is 79.4 cm³/mol. The quantitative estimate of drug-likeness (QED) is 0.862. The zero-order valence-corrected chi connectivity index (χ0v) is 12.4. The first kappa shape index (κ1) is 16.6. The second kappa shape index (κ2) is 7.49. The zero-order chi connectivity index (χ0) is 16.8. The minimum Gasteiger partial charge on any atom is -0.467 e. The number of ether oxygens (including phenoxy) is 1. The van der Waals surface area contributed by atoms with E-state index in [-0.39, 0.29) is 12.0 Å². The molecule has 0 fully saturated rings. The molecule has 1 unspecified atom stereocenters. The van der Waals surface area contributed by atoms with Crippen molar-refractivity contribution >= 4 is 11.9 Å². The van der Waals surface area contributed by atoms with Gasteiger partial charge in [0.1, 0.15) is 11.6 Å². The van der Waals surface area contributed by atoms with Crippen LogP contribution < -0.4 is 5.32 Å². The van der Waals surface area contributed by atoms with Crippen LogP contribution in [0.1, 0.15) is 17.2 Å². The van der Waals surface area contributed by atoms with Gasteiger partial charge < -0.3 is 10.1 Å². The van der Waals surface area contributed by atoms with E-state index in [0.29, 0.717) is 5.56 Å². The van der Waals surface area contributed by atoms with Crippen molar-refractivity contribution in [3.8, 4) is 0 Å². The van der Waals surface area contributed by atoms with Crippen LogP contribution in [-0.2, 0) is 20.7 Å². The number of hydrogen-bond acceptors (Lipinski definition) is 3. The Kier molecular flexibility index (Phi) is 5.41. The summed E-state index contributed by atoms with van der Waals surface area (Å²) < 4.78 is 31.0. The molecule has 0 aromatic heterocycles. The van der Waals surface area contributed by atoms with Crippen LogP contribution in [0.2, 0.25) is 0 Å². The van der Waals surface area contributed by atoms with Crippen molar-refractivity contribution in [2.24, 2.45) is 0 Å². The molecule has 4 nitrogen and oxygen atoms in total. The maximum atomic E-state index is 13.1. The molecule has 0 bridgehead atoms. The second-order valence-electron chi connectivity index (χ2n) is 4.89. The van der Waals surface area contributed by atoms with Gasteiger partial charge in [0.2, 0.25) is 5.91 Å². The molecule has 0 aliphatic rings. The molecule has 0 radical (unpaired) electrons. The van der Waals surface area contributed by atoms with Crippen molar-refractivity contribution in [3.63, 3.8) is 0 Å². The van der Waals surface area contributed by atoms with Gasteiger partial charge in [-0.2, -0.15) is 0 Å². The van der Waals surface area contributed by atoms with Gasteiger partial charge in [-0.15, -0.1) is 0 Å². The fraction of sp³-hybridized carbons (Fsp3) is 0.176. The Morgan fingerprint density at radius 1 is 1.09 bits per heavy atom. The molecular formula is C17H15F2NO3. The Bertz CT molecular complexity index is 684. The number of amides is 1. The maximum absolute atomic E-state index is 13.1. The van der Waals surface area contributed by atoms with Gasteiger partial charge >= 0.3 is 5.97 Å². The highest BCUT2D eigenvalue weighted by molar-refractivity contribution is 5.86. The second-order valence-corrected chi connectivity index (χ2v) is 4.89. The number of rotatable bonds is 5. The van der Waals surface area contributed by atoms with Gasteiger partial charge in [0.25, 0.3) is 0 Å². The summed E-state index contributed by atoms with van der Waals surface area (Å²) in [5, 5.41) is 2.51. The molecule has 0 heterocycles. The van der Waals surface area contributed by atoms with E-state index in [4.69, 9.17) is 0 Å². The van der Waals surface area contributed by atoms with Gasteiger partial charge in [-0.1, -0.05) is 30.3 Å². The van der Waals surface area contributed by atoms with E-state index in [9.17, 15) is 18.4 Å². The molecule has 23 heavy (non-hydrogen) atoms. The molecule has 0 aliphatic heterocycles. The van der Waals surface area contributed by atoms with Crippen molar-refractivity contribution < 1.29 is 23.1 Å². The van der Waals surface area contributed by atoms with E-state index < -0.39 is 29.6 Å². The topological polar surface area (TPSA) is 55.4 Å². The number of carbonyl (C=O) groups excluding carboxylic acids is 2. The van der Waals surface area contributed by atoms with Crippen LogP contribution in [0.4, 0.5) is 8.78 Å². The molecule has 1 N–H and O–H groups in total. The molecule has 2 aromatic rings. The monoisotopic (exact) mass is 319 g/mol. The van der Waals surface area contributed by atoms with Crippen molar-refractivity contribution in [3.05, 3.63) is 71.3 Å². The van der Waals surface area contributed by atoms with E-state index >= 15 is 0 Å². The predicted octanol–water partition coefficient (Wildman–Crippen LogP) is 2.54. The van der Waals surface area contributed by atoms with Gasteiger partial charge in [-0.25, -0.2) is 13.6 Å². The standard InChI is InChI=1S/C17H15F2NO3/c1-23-17(22)16(12-5-3-2-4-6-12)20-15(21)9-11-7-13(18)10-14(19)8-11/h2-8,10,16H,9H2,1H3,(H,20,21). The van der Waals surface area contributed by atoms with Gasteiger partial charge in [0.05, 0.1) is 13.5 Å². The third kappa shape index (κ3) is 4.60. The van der Waals surface area contributed by atoms with Crippen molar-refractivity contribution in [2.75, 3.05) is 7.11 Å². The lowest BCUT2D eigenvalue weighted by Gasteiger charge is -2.17. The number of halogens is 2. The van der Waals surface area contributed by atoms with Crippen LogP contribution in [-0.4, -0.2) is 19.0 Å². The van der Waals surface area contributed by atoms with Crippen molar-refractivity contribution in [1.29, 1.82) is 0 Å². The van der Waals surface area contributed by atoms with Gasteiger partial charge in [0, 0.05) is 6.07 Å². The molecule has 2 aromatic carbocycles. The molecule has 1 amide bonds. The van der Waals surface area contributed by atoms with E-state index in [1.807, 2.05) is 0 Å². The molecule has 120 valence electrons. The largest absolute Gasteiger partial charge is 0.467 e. The third-order valence-corrected chi connectivity index (χ3v) is 3.16. The van der Waals surface area contributed by atoms with Crippen molar-refractivity contribution in [2.45, 2.75) is 12.5 Å². The summed E-state index contributed by atoms with van der Waals surface area (Å²) in [6.07, 6.45) is -0.255.